The zero-order valence-corrected chi connectivity index (χ0v) is 14.0. The van der Waals surface area contributed by atoms with Crippen molar-refractivity contribution in [2.75, 3.05) is 0 Å². The Labute approximate surface area is 125 Å². The zero-order chi connectivity index (χ0) is 14.9. The van der Waals surface area contributed by atoms with Crippen molar-refractivity contribution in [3.63, 3.8) is 0 Å². The standard InChI is InChI=1S/C19H32O/c1-13(2)14(3)8-9-15(4)16-10-11-17-18(20)7-6-12-19(16,17)5/h8-9,13-17H,6-7,10-12H2,1-5H3/b9-8+/t14-,15+,16?,17?,19?/m0/s1. The van der Waals surface area contributed by atoms with E-state index in [9.17, 15) is 4.79 Å². The molecule has 5 atom stereocenters. The number of ketones is 1. The van der Waals surface area contributed by atoms with E-state index in [-0.39, 0.29) is 5.41 Å². The molecule has 0 aliphatic heterocycles. The summed E-state index contributed by atoms with van der Waals surface area (Å²) in [6.45, 7) is 11.6. The summed E-state index contributed by atoms with van der Waals surface area (Å²) in [6, 6.07) is 0. The average molecular weight is 276 g/mol. The van der Waals surface area contributed by atoms with Gasteiger partial charge in [0.05, 0.1) is 0 Å². The maximum atomic E-state index is 12.2. The van der Waals surface area contributed by atoms with E-state index in [0.29, 0.717) is 35.4 Å². The van der Waals surface area contributed by atoms with Crippen molar-refractivity contribution < 1.29 is 4.79 Å². The summed E-state index contributed by atoms with van der Waals surface area (Å²) in [6.07, 6.45) is 10.4. The van der Waals surface area contributed by atoms with Crippen LogP contribution in [0.5, 0.6) is 0 Å². The Morgan fingerprint density at radius 3 is 2.50 bits per heavy atom. The minimum absolute atomic E-state index is 0.278. The van der Waals surface area contributed by atoms with Gasteiger partial charge in [-0.1, -0.05) is 46.8 Å². The first-order chi connectivity index (χ1) is 9.36. The molecule has 3 unspecified atom stereocenters. The fraction of sp³-hybridized carbons (Fsp3) is 0.842. The average Bonchev–Trinajstić information content (AvgIpc) is 2.74. The van der Waals surface area contributed by atoms with Crippen LogP contribution in [-0.4, -0.2) is 5.78 Å². The first-order valence-corrected chi connectivity index (χ1v) is 8.57. The summed E-state index contributed by atoms with van der Waals surface area (Å²) in [5, 5.41) is 0. The van der Waals surface area contributed by atoms with Crippen molar-refractivity contribution in [1.29, 1.82) is 0 Å². The molecule has 2 aliphatic carbocycles. The molecule has 0 bridgehead atoms. The van der Waals surface area contributed by atoms with Gasteiger partial charge in [0.1, 0.15) is 5.78 Å². The Morgan fingerprint density at radius 1 is 1.15 bits per heavy atom. The quantitative estimate of drug-likeness (QED) is 0.640. The van der Waals surface area contributed by atoms with Crippen LogP contribution in [0.2, 0.25) is 0 Å². The van der Waals surface area contributed by atoms with Gasteiger partial charge < -0.3 is 0 Å². The van der Waals surface area contributed by atoms with E-state index in [2.05, 4.69) is 46.8 Å². The van der Waals surface area contributed by atoms with E-state index in [1.54, 1.807) is 0 Å². The molecular formula is C19H32O. The van der Waals surface area contributed by atoms with Crippen molar-refractivity contribution in [1.82, 2.24) is 0 Å². The number of Topliss-reactive ketones (excluding diaryl/α,β-unsaturated/α-hetero) is 1. The van der Waals surface area contributed by atoms with E-state index >= 15 is 0 Å². The highest BCUT2D eigenvalue weighted by Crippen LogP contribution is 2.56. The highest BCUT2D eigenvalue weighted by atomic mass is 16.1. The third-order valence-electron chi connectivity index (χ3n) is 6.34. The molecule has 2 aliphatic rings. The summed E-state index contributed by atoms with van der Waals surface area (Å²) in [5.41, 5.74) is 0.278. The van der Waals surface area contributed by atoms with Crippen LogP contribution in [-0.2, 0) is 4.79 Å². The molecule has 0 N–H and O–H groups in total. The molecule has 2 fully saturated rings. The van der Waals surface area contributed by atoms with Crippen LogP contribution in [0.15, 0.2) is 12.2 Å². The molecule has 20 heavy (non-hydrogen) atoms. The van der Waals surface area contributed by atoms with Crippen LogP contribution in [0.4, 0.5) is 0 Å². The molecule has 2 saturated carbocycles. The molecule has 0 radical (unpaired) electrons. The second-order valence-electron chi connectivity index (χ2n) is 7.91. The van der Waals surface area contributed by atoms with Crippen LogP contribution in [0.3, 0.4) is 0 Å². The minimum Gasteiger partial charge on any atom is -0.299 e. The second-order valence-corrected chi connectivity index (χ2v) is 7.91. The van der Waals surface area contributed by atoms with E-state index in [4.69, 9.17) is 0 Å². The normalized spacial score (nSPS) is 37.4. The van der Waals surface area contributed by atoms with Crippen LogP contribution >= 0.6 is 0 Å². The van der Waals surface area contributed by atoms with Gasteiger partial charge in [-0.15, -0.1) is 0 Å². The van der Waals surface area contributed by atoms with Gasteiger partial charge in [-0.05, 0) is 54.8 Å². The van der Waals surface area contributed by atoms with Crippen LogP contribution in [0.1, 0.15) is 66.7 Å². The monoisotopic (exact) mass is 276 g/mol. The molecule has 114 valence electrons. The third kappa shape index (κ3) is 2.87. The summed E-state index contributed by atoms with van der Waals surface area (Å²) in [4.78, 5) is 12.2. The largest absolute Gasteiger partial charge is 0.299 e. The number of rotatable bonds is 4. The number of hydrogen-bond donors (Lipinski definition) is 0. The molecule has 1 nitrogen and oxygen atoms in total. The molecule has 0 heterocycles. The van der Waals surface area contributed by atoms with Crippen molar-refractivity contribution in [3.05, 3.63) is 12.2 Å². The van der Waals surface area contributed by atoms with E-state index in [1.165, 1.54) is 12.8 Å². The van der Waals surface area contributed by atoms with Gasteiger partial charge in [-0.25, -0.2) is 0 Å². The lowest BCUT2D eigenvalue weighted by molar-refractivity contribution is -0.129. The van der Waals surface area contributed by atoms with Gasteiger partial charge in [0.2, 0.25) is 0 Å². The maximum Gasteiger partial charge on any atom is 0.136 e. The Kier molecular flexibility index (Phi) is 4.76. The number of carbonyl (C=O) groups is 1. The van der Waals surface area contributed by atoms with Gasteiger partial charge in [0.15, 0.2) is 0 Å². The lowest BCUT2D eigenvalue weighted by atomic mass is 9.62. The van der Waals surface area contributed by atoms with Crippen molar-refractivity contribution in [2.45, 2.75) is 66.7 Å². The highest BCUT2D eigenvalue weighted by Gasteiger charge is 2.51. The highest BCUT2D eigenvalue weighted by molar-refractivity contribution is 5.83. The molecule has 0 spiro atoms. The summed E-state index contributed by atoms with van der Waals surface area (Å²) < 4.78 is 0. The van der Waals surface area contributed by atoms with Gasteiger partial charge in [-0.2, -0.15) is 0 Å². The summed E-state index contributed by atoms with van der Waals surface area (Å²) in [5.74, 6) is 3.58. The van der Waals surface area contributed by atoms with Crippen molar-refractivity contribution in [3.8, 4) is 0 Å². The van der Waals surface area contributed by atoms with E-state index < -0.39 is 0 Å². The topological polar surface area (TPSA) is 17.1 Å². The predicted octanol–water partition coefficient (Wildman–Crippen LogP) is 5.26. The van der Waals surface area contributed by atoms with Crippen LogP contribution < -0.4 is 0 Å². The first kappa shape index (κ1) is 15.8. The van der Waals surface area contributed by atoms with Crippen molar-refractivity contribution in [2.24, 2.45) is 35.0 Å². The Morgan fingerprint density at radius 2 is 1.85 bits per heavy atom. The fourth-order valence-electron chi connectivity index (χ4n) is 4.54. The lowest BCUT2D eigenvalue weighted by Crippen LogP contribution is -2.39. The predicted molar refractivity (Wildman–Crippen MR) is 85.5 cm³/mol. The van der Waals surface area contributed by atoms with Gasteiger partial charge in [0.25, 0.3) is 0 Å². The van der Waals surface area contributed by atoms with Gasteiger partial charge >= 0.3 is 0 Å². The first-order valence-electron chi connectivity index (χ1n) is 8.57. The zero-order valence-electron chi connectivity index (χ0n) is 14.0. The molecule has 2 rings (SSSR count). The van der Waals surface area contributed by atoms with Crippen molar-refractivity contribution >= 4 is 5.78 Å². The number of carbonyl (C=O) groups excluding carboxylic acids is 1. The SMILES string of the molecule is CC(C)[C@@H](C)/C=C/[C@@H](C)C1CCC2C(=O)CCCC21C. The van der Waals surface area contributed by atoms with Gasteiger partial charge in [-0.3, -0.25) is 4.79 Å². The van der Waals surface area contributed by atoms with E-state index in [1.807, 2.05) is 0 Å². The van der Waals surface area contributed by atoms with Crippen LogP contribution in [0, 0.1) is 35.0 Å². The second kappa shape index (κ2) is 6.03. The lowest BCUT2D eigenvalue weighted by Gasteiger charge is -2.41. The summed E-state index contributed by atoms with van der Waals surface area (Å²) in [7, 11) is 0. The van der Waals surface area contributed by atoms with Gasteiger partial charge in [0, 0.05) is 12.3 Å². The fourth-order valence-corrected chi connectivity index (χ4v) is 4.54. The third-order valence-corrected chi connectivity index (χ3v) is 6.34. The molecular weight excluding hydrogens is 244 g/mol. The Hall–Kier alpha value is -0.590. The molecule has 1 heteroatoms. The molecule has 0 aromatic heterocycles. The Bertz CT molecular complexity index is 381. The number of fused-ring (bicyclic) bond motifs is 1. The summed E-state index contributed by atoms with van der Waals surface area (Å²) >= 11 is 0. The number of allylic oxidation sites excluding steroid dienone is 2. The maximum absolute atomic E-state index is 12.2. The van der Waals surface area contributed by atoms with Crippen LogP contribution in [0.25, 0.3) is 0 Å². The molecule has 0 aromatic rings. The minimum atomic E-state index is 0.278. The molecule has 0 aromatic carbocycles. The molecule has 0 saturated heterocycles. The smallest absolute Gasteiger partial charge is 0.136 e. The number of hydrogen-bond acceptors (Lipinski definition) is 1. The van der Waals surface area contributed by atoms with E-state index in [0.717, 1.165) is 19.3 Å². The molecule has 0 amide bonds. The Balaban J connectivity index is 2.07.